The summed E-state index contributed by atoms with van der Waals surface area (Å²) in [4.78, 5) is 12.3. The molecule has 0 aliphatic carbocycles. The standard InChI is InChI=1S/C8H10OS2/c1-2-3-10-8-4-7(5-9)11-6-8/h4-6H,2-3H2,1H3. The highest BCUT2D eigenvalue weighted by atomic mass is 32.2. The van der Waals surface area contributed by atoms with Gasteiger partial charge in [-0.1, -0.05) is 6.92 Å². The maximum atomic E-state index is 10.3. The van der Waals surface area contributed by atoms with Crippen molar-refractivity contribution in [3.8, 4) is 0 Å². The van der Waals surface area contributed by atoms with Crippen molar-refractivity contribution in [2.24, 2.45) is 0 Å². The molecule has 0 saturated carbocycles. The van der Waals surface area contributed by atoms with Crippen LogP contribution in [0.1, 0.15) is 23.0 Å². The fourth-order valence-electron chi connectivity index (χ4n) is 0.692. The van der Waals surface area contributed by atoms with E-state index in [9.17, 15) is 4.79 Å². The van der Waals surface area contributed by atoms with Crippen molar-refractivity contribution >= 4 is 29.4 Å². The molecular formula is C8H10OS2. The summed E-state index contributed by atoms with van der Waals surface area (Å²) in [7, 11) is 0. The minimum absolute atomic E-state index is 0.823. The first-order valence-corrected chi connectivity index (χ1v) is 5.40. The molecule has 0 radical (unpaired) electrons. The Morgan fingerprint density at radius 1 is 1.73 bits per heavy atom. The number of carbonyl (C=O) groups excluding carboxylic acids is 1. The largest absolute Gasteiger partial charge is 0.297 e. The van der Waals surface area contributed by atoms with Gasteiger partial charge in [0.1, 0.15) is 0 Å². The summed E-state index contributed by atoms with van der Waals surface area (Å²) in [6.45, 7) is 2.15. The summed E-state index contributed by atoms with van der Waals surface area (Å²) in [5, 5.41) is 2.03. The molecule has 0 fully saturated rings. The molecule has 0 spiro atoms. The summed E-state index contributed by atoms with van der Waals surface area (Å²) in [5.41, 5.74) is 0. The minimum atomic E-state index is 0.823. The van der Waals surface area contributed by atoms with E-state index >= 15 is 0 Å². The minimum Gasteiger partial charge on any atom is -0.297 e. The summed E-state index contributed by atoms with van der Waals surface area (Å²) >= 11 is 3.32. The third-order valence-electron chi connectivity index (χ3n) is 1.18. The molecule has 1 rings (SSSR count). The summed E-state index contributed by atoms with van der Waals surface area (Å²) < 4.78 is 0. The van der Waals surface area contributed by atoms with Crippen molar-refractivity contribution in [3.05, 3.63) is 16.3 Å². The highest BCUT2D eigenvalue weighted by Gasteiger charge is 1.97. The van der Waals surface area contributed by atoms with Gasteiger partial charge in [0, 0.05) is 10.3 Å². The SMILES string of the molecule is CCCSc1csc(C=O)c1. The molecule has 0 aliphatic rings. The van der Waals surface area contributed by atoms with E-state index in [4.69, 9.17) is 0 Å². The van der Waals surface area contributed by atoms with Gasteiger partial charge in [0.05, 0.1) is 4.88 Å². The quantitative estimate of drug-likeness (QED) is 0.531. The lowest BCUT2D eigenvalue weighted by Crippen LogP contribution is -1.71. The monoisotopic (exact) mass is 186 g/mol. The molecule has 3 heteroatoms. The smallest absolute Gasteiger partial charge is 0.160 e. The predicted octanol–water partition coefficient (Wildman–Crippen LogP) is 3.06. The van der Waals surface area contributed by atoms with Gasteiger partial charge in [-0.05, 0) is 18.2 Å². The lowest BCUT2D eigenvalue weighted by atomic mass is 10.5. The van der Waals surface area contributed by atoms with Crippen LogP contribution in [0.15, 0.2) is 16.3 Å². The summed E-state index contributed by atoms with van der Waals surface area (Å²) in [5.74, 6) is 1.13. The number of carbonyl (C=O) groups is 1. The van der Waals surface area contributed by atoms with Crippen LogP contribution in [0.3, 0.4) is 0 Å². The van der Waals surface area contributed by atoms with Crippen LogP contribution in [0.4, 0.5) is 0 Å². The first-order valence-electron chi connectivity index (χ1n) is 3.53. The Kier molecular flexibility index (Phi) is 3.66. The lowest BCUT2D eigenvalue weighted by molar-refractivity contribution is 0.112. The molecule has 0 aromatic carbocycles. The topological polar surface area (TPSA) is 17.1 Å². The van der Waals surface area contributed by atoms with Crippen LogP contribution in [0.25, 0.3) is 0 Å². The highest BCUT2D eigenvalue weighted by molar-refractivity contribution is 7.99. The molecule has 1 heterocycles. The van der Waals surface area contributed by atoms with Crippen LogP contribution in [0, 0.1) is 0 Å². The van der Waals surface area contributed by atoms with Crippen LogP contribution in [-0.4, -0.2) is 12.0 Å². The number of thioether (sulfide) groups is 1. The molecule has 1 nitrogen and oxygen atoms in total. The molecule has 1 aromatic heterocycles. The fourth-order valence-corrected chi connectivity index (χ4v) is 2.40. The zero-order valence-corrected chi connectivity index (χ0v) is 8.00. The number of hydrogen-bond acceptors (Lipinski definition) is 3. The van der Waals surface area contributed by atoms with Crippen LogP contribution < -0.4 is 0 Å². The number of aldehydes is 1. The summed E-state index contributed by atoms with van der Waals surface area (Å²) in [6, 6.07) is 1.94. The van der Waals surface area contributed by atoms with Crippen molar-refractivity contribution in [1.82, 2.24) is 0 Å². The van der Waals surface area contributed by atoms with E-state index in [0.717, 1.165) is 16.9 Å². The van der Waals surface area contributed by atoms with Crippen LogP contribution in [0.2, 0.25) is 0 Å². The van der Waals surface area contributed by atoms with Gasteiger partial charge in [0.2, 0.25) is 0 Å². The van der Waals surface area contributed by atoms with Gasteiger partial charge < -0.3 is 0 Å². The maximum absolute atomic E-state index is 10.3. The van der Waals surface area contributed by atoms with Crippen molar-refractivity contribution in [2.75, 3.05) is 5.75 Å². The van der Waals surface area contributed by atoms with E-state index in [1.165, 1.54) is 22.7 Å². The van der Waals surface area contributed by atoms with E-state index in [-0.39, 0.29) is 0 Å². The number of hydrogen-bond donors (Lipinski definition) is 0. The Morgan fingerprint density at radius 3 is 3.09 bits per heavy atom. The van der Waals surface area contributed by atoms with Gasteiger partial charge >= 0.3 is 0 Å². The van der Waals surface area contributed by atoms with E-state index in [2.05, 4.69) is 6.92 Å². The second-order valence-electron chi connectivity index (χ2n) is 2.15. The Balaban J connectivity index is 2.51. The zero-order chi connectivity index (χ0) is 8.10. The lowest BCUT2D eigenvalue weighted by Gasteiger charge is -1.91. The van der Waals surface area contributed by atoms with E-state index in [0.29, 0.717) is 0 Å². The summed E-state index contributed by atoms with van der Waals surface area (Å²) in [6.07, 6.45) is 2.08. The molecule has 0 bridgehead atoms. The van der Waals surface area contributed by atoms with Crippen molar-refractivity contribution < 1.29 is 4.79 Å². The van der Waals surface area contributed by atoms with Gasteiger partial charge in [-0.2, -0.15) is 0 Å². The Morgan fingerprint density at radius 2 is 2.55 bits per heavy atom. The maximum Gasteiger partial charge on any atom is 0.160 e. The van der Waals surface area contributed by atoms with Crippen molar-refractivity contribution in [1.29, 1.82) is 0 Å². The Hall–Kier alpha value is -0.280. The Bertz CT molecular complexity index is 230. The molecule has 60 valence electrons. The fraction of sp³-hybridized carbons (Fsp3) is 0.375. The third-order valence-corrected chi connectivity index (χ3v) is 3.37. The normalized spacial score (nSPS) is 9.91. The predicted molar refractivity (Wildman–Crippen MR) is 50.7 cm³/mol. The molecule has 0 N–H and O–H groups in total. The van der Waals surface area contributed by atoms with E-state index < -0.39 is 0 Å². The molecule has 0 atom stereocenters. The number of rotatable bonds is 4. The third kappa shape index (κ3) is 2.67. The zero-order valence-electron chi connectivity index (χ0n) is 6.37. The van der Waals surface area contributed by atoms with Crippen LogP contribution in [0.5, 0.6) is 0 Å². The first kappa shape index (κ1) is 8.81. The molecule has 11 heavy (non-hydrogen) atoms. The van der Waals surface area contributed by atoms with Crippen molar-refractivity contribution in [2.45, 2.75) is 18.2 Å². The number of thiophene rings is 1. The van der Waals surface area contributed by atoms with Crippen molar-refractivity contribution in [3.63, 3.8) is 0 Å². The first-order chi connectivity index (χ1) is 5.36. The van der Waals surface area contributed by atoms with E-state index in [1.807, 2.05) is 23.2 Å². The average Bonchev–Trinajstić information content (AvgIpc) is 2.48. The van der Waals surface area contributed by atoms with Gasteiger partial charge in [-0.15, -0.1) is 23.1 Å². The molecule has 1 aromatic rings. The average molecular weight is 186 g/mol. The van der Waals surface area contributed by atoms with E-state index in [1.54, 1.807) is 0 Å². The molecule has 0 aliphatic heterocycles. The second kappa shape index (κ2) is 4.57. The molecule has 0 amide bonds. The van der Waals surface area contributed by atoms with Gasteiger partial charge in [0.25, 0.3) is 0 Å². The van der Waals surface area contributed by atoms with Gasteiger partial charge in [-0.25, -0.2) is 0 Å². The molecule has 0 unspecified atom stereocenters. The van der Waals surface area contributed by atoms with Crippen LogP contribution in [-0.2, 0) is 0 Å². The second-order valence-corrected chi connectivity index (χ2v) is 4.26. The highest BCUT2D eigenvalue weighted by Crippen LogP contribution is 2.23. The Labute approximate surface area is 74.8 Å². The van der Waals surface area contributed by atoms with Gasteiger partial charge in [0.15, 0.2) is 6.29 Å². The van der Waals surface area contributed by atoms with Gasteiger partial charge in [-0.3, -0.25) is 4.79 Å². The van der Waals surface area contributed by atoms with Crippen LogP contribution >= 0.6 is 23.1 Å². The molecule has 0 saturated heterocycles. The molecular weight excluding hydrogens is 176 g/mol.